The molecule has 0 spiro atoms. The molecule has 6 rings (SSSR count). The highest BCUT2D eigenvalue weighted by Crippen LogP contribution is 2.48. The topological polar surface area (TPSA) is 113 Å². The van der Waals surface area contributed by atoms with Gasteiger partial charge in [-0.3, -0.25) is 4.99 Å². The van der Waals surface area contributed by atoms with E-state index >= 15 is 0 Å². The van der Waals surface area contributed by atoms with Gasteiger partial charge in [0, 0.05) is 52.6 Å². The number of aliphatic imine (C=N–C) groups is 1. The van der Waals surface area contributed by atoms with Crippen molar-refractivity contribution in [2.24, 2.45) is 4.99 Å². The van der Waals surface area contributed by atoms with Crippen LogP contribution in [0.15, 0.2) is 52.7 Å². The number of hydrogen-bond donors (Lipinski definition) is 2. The standard InChI is InChI=1S/C24H22ClF3N6O3S2/c25-16-9-13(26)1-4-15(16)20-19(17-5-7-34(31-17)23(27)28)18-10-24(12-35,32-39(36,37)14-2-3-14)11-33(18)21(30-20)22-29-6-8-38-22/h1,4-9,14,20,23,32,35H,2-3,10-12H2/t20-,24+/m0/s1. The number of fused-ring (bicyclic) bond motifs is 1. The van der Waals surface area contributed by atoms with Gasteiger partial charge in [0.1, 0.15) is 11.9 Å². The molecule has 9 nitrogen and oxygen atoms in total. The van der Waals surface area contributed by atoms with Crippen LogP contribution in [0, 0.1) is 5.82 Å². The predicted molar refractivity (Wildman–Crippen MR) is 139 cm³/mol. The minimum Gasteiger partial charge on any atom is -0.394 e. The minimum atomic E-state index is -3.72. The first-order valence-electron chi connectivity index (χ1n) is 12.0. The van der Waals surface area contributed by atoms with Gasteiger partial charge in [0.2, 0.25) is 10.0 Å². The first-order chi connectivity index (χ1) is 18.6. The molecule has 0 radical (unpaired) electrons. The first-order valence-corrected chi connectivity index (χ1v) is 14.8. The van der Waals surface area contributed by atoms with E-state index in [2.05, 4.69) is 14.8 Å². The lowest BCUT2D eigenvalue weighted by Gasteiger charge is -2.32. The fourth-order valence-corrected chi connectivity index (χ4v) is 7.67. The molecule has 2 N–H and O–H groups in total. The van der Waals surface area contributed by atoms with Crippen molar-refractivity contribution in [3.05, 3.63) is 74.8 Å². The van der Waals surface area contributed by atoms with Crippen molar-refractivity contribution in [3.8, 4) is 0 Å². The lowest BCUT2D eigenvalue weighted by Crippen LogP contribution is -2.54. The summed E-state index contributed by atoms with van der Waals surface area (Å²) in [5.74, 6) is -0.167. The van der Waals surface area contributed by atoms with E-state index < -0.39 is 45.8 Å². The smallest absolute Gasteiger partial charge is 0.333 e. The highest BCUT2D eigenvalue weighted by Gasteiger charge is 2.51. The fraction of sp³-hybridized carbons (Fsp3) is 0.375. The molecule has 3 aliphatic rings. The molecule has 0 bridgehead atoms. The Hall–Kier alpha value is -2.78. The number of rotatable bonds is 8. The lowest BCUT2D eigenvalue weighted by atomic mass is 9.90. The predicted octanol–water partition coefficient (Wildman–Crippen LogP) is 3.96. The van der Waals surface area contributed by atoms with Crippen molar-refractivity contribution < 1.29 is 26.7 Å². The fourth-order valence-electron chi connectivity index (χ4n) is 5.03. The van der Waals surface area contributed by atoms with Crippen LogP contribution in [-0.2, 0) is 10.0 Å². The van der Waals surface area contributed by atoms with Crippen LogP contribution < -0.4 is 4.72 Å². The third-order valence-corrected chi connectivity index (χ3v) is 10.1. The van der Waals surface area contributed by atoms with E-state index in [9.17, 15) is 26.7 Å². The zero-order valence-corrected chi connectivity index (χ0v) is 22.5. The molecular weight excluding hydrogens is 577 g/mol. The highest BCUT2D eigenvalue weighted by atomic mass is 35.5. The molecule has 4 heterocycles. The molecule has 206 valence electrons. The van der Waals surface area contributed by atoms with Gasteiger partial charge in [-0.05, 0) is 31.0 Å². The van der Waals surface area contributed by atoms with E-state index in [1.54, 1.807) is 16.5 Å². The largest absolute Gasteiger partial charge is 0.394 e. The second kappa shape index (κ2) is 9.70. The molecule has 15 heteroatoms. The summed E-state index contributed by atoms with van der Waals surface area (Å²) in [5.41, 5.74) is 0.173. The molecule has 1 saturated heterocycles. The van der Waals surface area contributed by atoms with Gasteiger partial charge < -0.3 is 10.0 Å². The number of nitrogens with one attached hydrogen (secondary N) is 1. The van der Waals surface area contributed by atoms with Gasteiger partial charge in [0.25, 0.3) is 0 Å². The number of aromatic nitrogens is 3. The minimum absolute atomic E-state index is 0.0199. The Morgan fingerprint density at radius 1 is 1.28 bits per heavy atom. The molecule has 0 unspecified atom stereocenters. The van der Waals surface area contributed by atoms with E-state index in [0.717, 1.165) is 12.3 Å². The molecule has 2 atom stereocenters. The Kier molecular flexibility index (Phi) is 6.57. The van der Waals surface area contributed by atoms with Crippen molar-refractivity contribution in [2.45, 2.75) is 42.6 Å². The Bertz CT molecular complexity index is 1590. The summed E-state index contributed by atoms with van der Waals surface area (Å²) in [5, 5.41) is 16.4. The Labute approximate surface area is 230 Å². The molecule has 2 aromatic heterocycles. The third kappa shape index (κ3) is 4.78. The number of aliphatic hydroxyl groups is 1. The molecule has 1 aliphatic carbocycles. The number of thiazole rings is 1. The van der Waals surface area contributed by atoms with E-state index in [1.165, 1.54) is 29.5 Å². The summed E-state index contributed by atoms with van der Waals surface area (Å²) in [6.07, 6.45) is 3.82. The molecule has 2 fully saturated rings. The van der Waals surface area contributed by atoms with Gasteiger partial charge in [0.05, 0.1) is 23.1 Å². The second-order valence-corrected chi connectivity index (χ2v) is 13.0. The first kappa shape index (κ1) is 26.4. The lowest BCUT2D eigenvalue weighted by molar-refractivity contribution is 0.0564. The van der Waals surface area contributed by atoms with Crippen molar-refractivity contribution in [3.63, 3.8) is 0 Å². The zero-order chi connectivity index (χ0) is 27.5. The van der Waals surface area contributed by atoms with Crippen molar-refractivity contribution in [2.75, 3.05) is 13.2 Å². The molecule has 2 aliphatic heterocycles. The second-order valence-electron chi connectivity index (χ2n) is 9.73. The quantitative estimate of drug-likeness (QED) is 0.406. The Morgan fingerprint density at radius 3 is 2.69 bits per heavy atom. The molecule has 1 aromatic carbocycles. The summed E-state index contributed by atoms with van der Waals surface area (Å²) in [4.78, 5) is 11.0. The monoisotopic (exact) mass is 598 g/mol. The van der Waals surface area contributed by atoms with E-state index in [4.69, 9.17) is 16.6 Å². The normalized spacial score (nSPS) is 23.5. The van der Waals surface area contributed by atoms with Crippen LogP contribution in [0.3, 0.4) is 0 Å². The number of nitrogens with zero attached hydrogens (tertiary/aromatic N) is 5. The average Bonchev–Trinajstić information content (AvgIpc) is 3.27. The summed E-state index contributed by atoms with van der Waals surface area (Å²) in [6.45, 7) is -3.39. The van der Waals surface area contributed by atoms with Crippen LogP contribution in [0.2, 0.25) is 5.02 Å². The number of aliphatic hydroxyl groups excluding tert-OH is 1. The van der Waals surface area contributed by atoms with Crippen molar-refractivity contribution in [1.82, 2.24) is 24.4 Å². The maximum absolute atomic E-state index is 14.0. The van der Waals surface area contributed by atoms with Crippen LogP contribution >= 0.6 is 22.9 Å². The number of sulfonamides is 1. The highest BCUT2D eigenvalue weighted by molar-refractivity contribution is 7.90. The SMILES string of the molecule is O=S(=O)(N[C@]1(CO)CC2=C(c3ccn(C(F)F)n3)[C@H](c3ccc(F)cc3Cl)N=C(c3nccs3)N2C1)C1CC1. The van der Waals surface area contributed by atoms with Crippen LogP contribution in [0.1, 0.15) is 48.1 Å². The summed E-state index contributed by atoms with van der Waals surface area (Å²) < 4.78 is 70.2. The van der Waals surface area contributed by atoms with E-state index in [-0.39, 0.29) is 23.7 Å². The van der Waals surface area contributed by atoms with Gasteiger partial charge in [0.15, 0.2) is 10.8 Å². The van der Waals surface area contributed by atoms with Gasteiger partial charge in [-0.1, -0.05) is 17.7 Å². The maximum Gasteiger partial charge on any atom is 0.333 e. The summed E-state index contributed by atoms with van der Waals surface area (Å²) >= 11 is 7.77. The number of amidine groups is 1. The molecule has 0 amide bonds. The molecular formula is C24H22ClF3N6O3S2. The summed E-state index contributed by atoms with van der Waals surface area (Å²) in [6, 6.07) is 4.34. The molecule has 39 heavy (non-hydrogen) atoms. The van der Waals surface area contributed by atoms with Crippen LogP contribution in [0.4, 0.5) is 13.2 Å². The van der Waals surface area contributed by atoms with Gasteiger partial charge in [-0.2, -0.15) is 13.9 Å². The van der Waals surface area contributed by atoms with Crippen LogP contribution in [0.5, 0.6) is 0 Å². The van der Waals surface area contributed by atoms with Crippen LogP contribution in [0.25, 0.3) is 5.57 Å². The average molecular weight is 599 g/mol. The zero-order valence-electron chi connectivity index (χ0n) is 20.1. The van der Waals surface area contributed by atoms with Gasteiger partial charge >= 0.3 is 6.55 Å². The number of halogens is 4. The number of alkyl halides is 2. The summed E-state index contributed by atoms with van der Waals surface area (Å²) in [7, 11) is -3.72. The molecule has 1 saturated carbocycles. The third-order valence-electron chi connectivity index (χ3n) is 6.97. The van der Waals surface area contributed by atoms with E-state index in [1.807, 2.05) is 0 Å². The number of hydrogen-bond acceptors (Lipinski definition) is 8. The maximum atomic E-state index is 14.0. The van der Waals surface area contributed by atoms with E-state index in [0.29, 0.717) is 45.2 Å². The van der Waals surface area contributed by atoms with Gasteiger partial charge in [-0.15, -0.1) is 11.3 Å². The van der Waals surface area contributed by atoms with Gasteiger partial charge in [-0.25, -0.2) is 27.2 Å². The van der Waals surface area contributed by atoms with Crippen molar-refractivity contribution in [1.29, 1.82) is 0 Å². The van der Waals surface area contributed by atoms with Crippen molar-refractivity contribution >= 4 is 44.4 Å². The van der Waals surface area contributed by atoms with Crippen LogP contribution in [-0.4, -0.2) is 63.0 Å². The molecule has 3 aromatic rings. The number of benzene rings is 1. The Balaban J connectivity index is 1.56. The Morgan fingerprint density at radius 2 is 2.08 bits per heavy atom.